The van der Waals surface area contributed by atoms with Crippen molar-refractivity contribution in [3.05, 3.63) is 0 Å². The zero-order valence-electron chi connectivity index (χ0n) is 7.26. The second-order valence-corrected chi connectivity index (χ2v) is 4.96. The van der Waals surface area contributed by atoms with E-state index in [0.717, 1.165) is 0 Å². The highest BCUT2D eigenvalue weighted by atomic mass is 14.6. The maximum absolute atomic E-state index is 1.62. The van der Waals surface area contributed by atoms with Gasteiger partial charge >= 0.3 is 0 Å². The minimum absolute atomic E-state index is 1.19. The maximum Gasteiger partial charge on any atom is -0.0349 e. The lowest BCUT2D eigenvalue weighted by Gasteiger charge is -2.05. The highest BCUT2D eigenvalue weighted by molar-refractivity contribution is 5.00. The van der Waals surface area contributed by atoms with E-state index in [2.05, 4.69) is 0 Å². The van der Waals surface area contributed by atoms with Gasteiger partial charge in [-0.25, -0.2) is 0 Å². The topological polar surface area (TPSA) is 0 Å². The van der Waals surface area contributed by atoms with Crippen LogP contribution in [-0.2, 0) is 0 Å². The first-order valence-corrected chi connectivity index (χ1v) is 5.45. The molecule has 0 saturated heterocycles. The van der Waals surface area contributed by atoms with Crippen LogP contribution in [0.5, 0.6) is 0 Å². The van der Waals surface area contributed by atoms with Gasteiger partial charge in [0.25, 0.3) is 0 Å². The molecule has 0 nitrogen and oxygen atoms in total. The molecule has 11 heavy (non-hydrogen) atoms. The Labute approximate surface area is 69.4 Å². The zero-order chi connectivity index (χ0) is 7.26. The van der Waals surface area contributed by atoms with Crippen LogP contribution in [-0.4, -0.2) is 0 Å². The van der Waals surface area contributed by atoms with Gasteiger partial charge in [-0.1, -0.05) is 25.7 Å². The van der Waals surface area contributed by atoms with Crippen LogP contribution in [0.3, 0.4) is 0 Å². The van der Waals surface area contributed by atoms with E-state index >= 15 is 0 Å². The monoisotopic (exact) mass is 150 g/mol. The number of hydrogen-bond donors (Lipinski definition) is 0. The maximum atomic E-state index is 1.62. The van der Waals surface area contributed by atoms with Crippen LogP contribution in [0.25, 0.3) is 0 Å². The van der Waals surface area contributed by atoms with Crippen molar-refractivity contribution in [2.45, 2.75) is 44.9 Å². The molecule has 3 aliphatic carbocycles. The zero-order valence-corrected chi connectivity index (χ0v) is 7.26. The van der Waals surface area contributed by atoms with E-state index in [1.807, 2.05) is 0 Å². The van der Waals surface area contributed by atoms with Gasteiger partial charge in [0, 0.05) is 0 Å². The summed E-state index contributed by atoms with van der Waals surface area (Å²) in [6.07, 6.45) is 11.0. The van der Waals surface area contributed by atoms with Crippen LogP contribution in [0.1, 0.15) is 44.9 Å². The second kappa shape index (κ2) is 2.24. The Hall–Kier alpha value is 0. The van der Waals surface area contributed by atoms with E-state index < -0.39 is 0 Å². The predicted molar refractivity (Wildman–Crippen MR) is 46.3 cm³/mol. The van der Waals surface area contributed by atoms with Crippen LogP contribution >= 0.6 is 0 Å². The van der Waals surface area contributed by atoms with Crippen molar-refractivity contribution in [3.8, 4) is 0 Å². The summed E-state index contributed by atoms with van der Waals surface area (Å²) in [4.78, 5) is 0. The van der Waals surface area contributed by atoms with E-state index in [9.17, 15) is 0 Å². The Morgan fingerprint density at radius 1 is 0.818 bits per heavy atom. The minimum atomic E-state index is 1.19. The summed E-state index contributed by atoms with van der Waals surface area (Å²) in [6, 6.07) is 0. The van der Waals surface area contributed by atoms with Gasteiger partial charge in [0.15, 0.2) is 0 Å². The fraction of sp³-hybridized carbons (Fsp3) is 1.00. The molecule has 3 saturated carbocycles. The fourth-order valence-corrected chi connectivity index (χ4v) is 3.23. The summed E-state index contributed by atoms with van der Waals surface area (Å²) < 4.78 is 0. The number of hydrogen-bond acceptors (Lipinski definition) is 0. The van der Waals surface area contributed by atoms with Gasteiger partial charge < -0.3 is 0 Å². The molecule has 2 atom stereocenters. The molecule has 0 bridgehead atoms. The molecular formula is C11H18. The minimum Gasteiger partial charge on any atom is -0.0530 e. The quantitative estimate of drug-likeness (QED) is 0.567. The molecule has 62 valence electrons. The van der Waals surface area contributed by atoms with Gasteiger partial charge in [-0.05, 0) is 42.9 Å². The van der Waals surface area contributed by atoms with Crippen molar-refractivity contribution in [1.29, 1.82) is 0 Å². The summed E-state index contributed by atoms with van der Waals surface area (Å²) in [7, 11) is 0. The summed E-state index contributed by atoms with van der Waals surface area (Å²) in [6.45, 7) is 0. The Bertz CT molecular complexity index is 145. The average Bonchev–Trinajstić information content (AvgIpc) is 2.91. The first kappa shape index (κ1) is 6.51. The van der Waals surface area contributed by atoms with Crippen molar-refractivity contribution in [1.82, 2.24) is 0 Å². The lowest BCUT2D eigenvalue weighted by atomic mass is 10.0. The Kier molecular flexibility index (Phi) is 1.33. The van der Waals surface area contributed by atoms with Crippen molar-refractivity contribution in [2.24, 2.45) is 23.7 Å². The van der Waals surface area contributed by atoms with Crippen molar-refractivity contribution in [3.63, 3.8) is 0 Å². The molecule has 3 fully saturated rings. The fourth-order valence-electron chi connectivity index (χ4n) is 3.23. The molecule has 0 heterocycles. The summed E-state index contributed by atoms with van der Waals surface area (Å²) in [5, 5.41) is 0. The number of rotatable bonds is 2. The lowest BCUT2D eigenvalue weighted by Crippen LogP contribution is -1.91. The van der Waals surface area contributed by atoms with E-state index in [1.165, 1.54) is 23.7 Å². The predicted octanol–water partition coefficient (Wildman–Crippen LogP) is 3.22. The van der Waals surface area contributed by atoms with Crippen LogP contribution in [0, 0.1) is 23.7 Å². The Morgan fingerprint density at radius 2 is 1.45 bits per heavy atom. The highest BCUT2D eigenvalue weighted by Gasteiger charge is 2.51. The number of fused-ring (bicyclic) bond motifs is 1. The van der Waals surface area contributed by atoms with Crippen LogP contribution in [0.4, 0.5) is 0 Å². The highest BCUT2D eigenvalue weighted by Crippen LogP contribution is 2.59. The molecule has 0 N–H and O–H groups in total. The third kappa shape index (κ3) is 1.11. The van der Waals surface area contributed by atoms with Gasteiger partial charge in [-0.3, -0.25) is 0 Å². The largest absolute Gasteiger partial charge is 0.0530 e. The van der Waals surface area contributed by atoms with Crippen molar-refractivity contribution < 1.29 is 0 Å². The molecule has 0 aliphatic heterocycles. The third-order valence-electron chi connectivity index (χ3n) is 4.14. The second-order valence-electron chi connectivity index (χ2n) is 4.96. The average molecular weight is 150 g/mol. The summed E-state index contributed by atoms with van der Waals surface area (Å²) >= 11 is 0. The van der Waals surface area contributed by atoms with Crippen LogP contribution < -0.4 is 0 Å². The van der Waals surface area contributed by atoms with Gasteiger partial charge in [0.2, 0.25) is 0 Å². The lowest BCUT2D eigenvalue weighted by molar-refractivity contribution is 0.480. The molecule has 0 aromatic rings. The van der Waals surface area contributed by atoms with Gasteiger partial charge in [-0.15, -0.1) is 0 Å². The third-order valence-corrected chi connectivity index (χ3v) is 4.14. The van der Waals surface area contributed by atoms with Crippen LogP contribution in [0.15, 0.2) is 0 Å². The Morgan fingerprint density at radius 3 is 2.00 bits per heavy atom. The first-order valence-electron chi connectivity index (χ1n) is 5.45. The van der Waals surface area contributed by atoms with Gasteiger partial charge in [0.05, 0.1) is 0 Å². The molecular weight excluding hydrogens is 132 g/mol. The molecule has 0 amide bonds. The molecule has 0 radical (unpaired) electrons. The molecule has 2 unspecified atom stereocenters. The normalized spacial score (nSPS) is 48.5. The Balaban J connectivity index is 1.56. The van der Waals surface area contributed by atoms with E-state index in [0.29, 0.717) is 0 Å². The molecule has 0 aromatic carbocycles. The smallest absolute Gasteiger partial charge is 0.0349 e. The van der Waals surface area contributed by atoms with Crippen LogP contribution in [0.2, 0.25) is 0 Å². The molecule has 0 aromatic heterocycles. The molecule has 3 rings (SSSR count). The molecule has 0 spiro atoms. The summed E-state index contributed by atoms with van der Waals surface area (Å²) in [5.41, 5.74) is 0. The van der Waals surface area contributed by atoms with E-state index in [-0.39, 0.29) is 0 Å². The van der Waals surface area contributed by atoms with Gasteiger partial charge in [-0.2, -0.15) is 0 Å². The summed E-state index contributed by atoms with van der Waals surface area (Å²) in [5.74, 6) is 4.82. The molecule has 3 aliphatic rings. The van der Waals surface area contributed by atoms with Crippen molar-refractivity contribution >= 4 is 0 Å². The standard InChI is InChI=1S/C11H18/c1-2-4-10-9(3-1)11(10)7-8-5-6-8/h8-11H,1-7H2. The first-order chi connectivity index (χ1) is 5.45. The van der Waals surface area contributed by atoms with Gasteiger partial charge in [0.1, 0.15) is 0 Å². The van der Waals surface area contributed by atoms with Crippen molar-refractivity contribution in [2.75, 3.05) is 0 Å². The van der Waals surface area contributed by atoms with E-state index in [4.69, 9.17) is 0 Å². The molecule has 0 heteroatoms. The SMILES string of the molecule is C1CCC2C(C1)C2CC1CC1. The van der Waals surface area contributed by atoms with E-state index in [1.54, 1.807) is 44.9 Å².